The van der Waals surface area contributed by atoms with Gasteiger partial charge >= 0.3 is 0 Å². The first-order valence-corrected chi connectivity index (χ1v) is 5.98. The lowest BCUT2D eigenvalue weighted by molar-refractivity contribution is 0.174. The van der Waals surface area contributed by atoms with E-state index in [1.165, 1.54) is 11.1 Å². The summed E-state index contributed by atoms with van der Waals surface area (Å²) < 4.78 is 10.6. The molecule has 0 saturated carbocycles. The molecule has 1 aliphatic heterocycles. The highest BCUT2D eigenvalue weighted by Crippen LogP contribution is 2.32. The van der Waals surface area contributed by atoms with Crippen molar-refractivity contribution < 1.29 is 9.47 Å². The van der Waals surface area contributed by atoms with E-state index in [1.54, 1.807) is 0 Å². The first-order valence-electron chi connectivity index (χ1n) is 5.98. The second kappa shape index (κ2) is 5.73. The van der Waals surface area contributed by atoms with Crippen LogP contribution in [-0.4, -0.2) is 19.9 Å². The van der Waals surface area contributed by atoms with E-state index in [0.29, 0.717) is 6.79 Å². The fraction of sp³-hybridized carbons (Fsp3) is 0.429. The highest BCUT2D eigenvalue weighted by molar-refractivity contribution is 5.44. The third kappa shape index (κ3) is 3.49. The third-order valence-corrected chi connectivity index (χ3v) is 2.68. The number of ether oxygens (including phenoxy) is 2. The number of rotatable bonds is 5. The average Bonchev–Trinajstić information content (AvgIpc) is 2.75. The van der Waals surface area contributed by atoms with Gasteiger partial charge in [0.2, 0.25) is 6.79 Å². The molecule has 0 fully saturated rings. The molecule has 1 N–H and O–H groups in total. The van der Waals surface area contributed by atoms with Crippen LogP contribution in [0.4, 0.5) is 0 Å². The van der Waals surface area contributed by atoms with Crippen molar-refractivity contribution in [3.05, 3.63) is 35.4 Å². The van der Waals surface area contributed by atoms with Crippen LogP contribution in [0.2, 0.25) is 0 Å². The second-order valence-electron chi connectivity index (χ2n) is 4.42. The highest BCUT2D eigenvalue weighted by atomic mass is 16.7. The van der Waals surface area contributed by atoms with Gasteiger partial charge < -0.3 is 14.8 Å². The van der Waals surface area contributed by atoms with E-state index in [1.807, 2.05) is 6.07 Å². The van der Waals surface area contributed by atoms with Crippen LogP contribution in [0.15, 0.2) is 29.8 Å². The Morgan fingerprint density at radius 3 is 2.94 bits per heavy atom. The average molecular weight is 233 g/mol. The summed E-state index contributed by atoms with van der Waals surface area (Å²) in [5.74, 6) is 1.72. The van der Waals surface area contributed by atoms with Crippen LogP contribution in [0.5, 0.6) is 11.5 Å². The Bertz CT molecular complexity index is 409. The van der Waals surface area contributed by atoms with Crippen molar-refractivity contribution in [2.75, 3.05) is 19.9 Å². The van der Waals surface area contributed by atoms with E-state index in [2.05, 4.69) is 37.4 Å². The minimum absolute atomic E-state index is 0.345. The van der Waals surface area contributed by atoms with E-state index >= 15 is 0 Å². The Kier molecular flexibility index (Phi) is 4.04. The zero-order valence-corrected chi connectivity index (χ0v) is 10.5. The van der Waals surface area contributed by atoms with Gasteiger partial charge in [0.15, 0.2) is 11.5 Å². The molecule has 3 nitrogen and oxygen atoms in total. The van der Waals surface area contributed by atoms with Crippen LogP contribution in [0, 0.1) is 0 Å². The molecule has 0 aliphatic carbocycles. The molecule has 2 rings (SSSR count). The van der Waals surface area contributed by atoms with Crippen molar-refractivity contribution in [2.45, 2.75) is 20.3 Å². The van der Waals surface area contributed by atoms with Crippen LogP contribution in [0.25, 0.3) is 0 Å². The Labute approximate surface area is 102 Å². The Hall–Kier alpha value is -1.48. The number of nitrogens with one attached hydrogen (secondary N) is 1. The Morgan fingerprint density at radius 2 is 2.12 bits per heavy atom. The molecule has 0 spiro atoms. The van der Waals surface area contributed by atoms with Gasteiger partial charge in [-0.2, -0.15) is 0 Å². The summed E-state index contributed by atoms with van der Waals surface area (Å²) in [6, 6.07) is 6.13. The van der Waals surface area contributed by atoms with Crippen LogP contribution >= 0.6 is 0 Å². The van der Waals surface area contributed by atoms with Crippen molar-refractivity contribution in [1.29, 1.82) is 0 Å². The fourth-order valence-electron chi connectivity index (χ4n) is 1.71. The first-order chi connectivity index (χ1) is 8.25. The topological polar surface area (TPSA) is 30.5 Å². The van der Waals surface area contributed by atoms with Crippen molar-refractivity contribution in [2.24, 2.45) is 0 Å². The van der Waals surface area contributed by atoms with Gasteiger partial charge in [-0.1, -0.05) is 17.7 Å². The van der Waals surface area contributed by atoms with E-state index in [0.717, 1.165) is 31.0 Å². The minimum atomic E-state index is 0.345. The fourth-order valence-corrected chi connectivity index (χ4v) is 1.71. The molecule has 1 aromatic rings. The zero-order valence-electron chi connectivity index (χ0n) is 10.5. The number of allylic oxidation sites excluding steroid dienone is 1. The molecule has 0 atom stereocenters. The Morgan fingerprint density at radius 1 is 1.29 bits per heavy atom. The molecular weight excluding hydrogens is 214 g/mol. The Balaban J connectivity index is 1.78. The van der Waals surface area contributed by atoms with Crippen LogP contribution < -0.4 is 14.8 Å². The molecule has 0 radical (unpaired) electrons. The summed E-state index contributed by atoms with van der Waals surface area (Å²) in [4.78, 5) is 0. The lowest BCUT2D eigenvalue weighted by Crippen LogP contribution is -2.17. The lowest BCUT2D eigenvalue weighted by Gasteiger charge is -2.04. The first kappa shape index (κ1) is 12.0. The second-order valence-corrected chi connectivity index (χ2v) is 4.42. The molecule has 1 aliphatic rings. The highest BCUT2D eigenvalue weighted by Gasteiger charge is 2.12. The molecule has 1 heterocycles. The quantitative estimate of drug-likeness (QED) is 0.626. The SMILES string of the molecule is CC(C)=CCNCCc1ccc2c(c1)OCO2. The third-order valence-electron chi connectivity index (χ3n) is 2.68. The predicted octanol–water partition coefficient (Wildman–Crippen LogP) is 2.51. The van der Waals surface area contributed by atoms with Gasteiger partial charge in [0.05, 0.1) is 0 Å². The van der Waals surface area contributed by atoms with Crippen molar-refractivity contribution in [3.63, 3.8) is 0 Å². The number of fused-ring (bicyclic) bond motifs is 1. The monoisotopic (exact) mass is 233 g/mol. The summed E-state index contributed by atoms with van der Waals surface area (Å²) in [5.41, 5.74) is 2.62. The molecule has 17 heavy (non-hydrogen) atoms. The maximum absolute atomic E-state index is 5.35. The van der Waals surface area contributed by atoms with Crippen molar-refractivity contribution in [1.82, 2.24) is 5.32 Å². The van der Waals surface area contributed by atoms with Gasteiger partial charge in [0.1, 0.15) is 0 Å². The molecule has 0 amide bonds. The van der Waals surface area contributed by atoms with Crippen molar-refractivity contribution in [3.8, 4) is 11.5 Å². The largest absolute Gasteiger partial charge is 0.454 e. The zero-order chi connectivity index (χ0) is 12.1. The van der Waals surface area contributed by atoms with Crippen molar-refractivity contribution >= 4 is 0 Å². The smallest absolute Gasteiger partial charge is 0.231 e. The van der Waals surface area contributed by atoms with E-state index < -0.39 is 0 Å². The van der Waals surface area contributed by atoms with Crippen LogP contribution in [-0.2, 0) is 6.42 Å². The van der Waals surface area contributed by atoms with Gasteiger partial charge in [0, 0.05) is 6.54 Å². The van der Waals surface area contributed by atoms with Gasteiger partial charge in [-0.3, -0.25) is 0 Å². The summed E-state index contributed by atoms with van der Waals surface area (Å²) in [6.45, 7) is 6.48. The van der Waals surface area contributed by atoms with Gasteiger partial charge in [-0.05, 0) is 44.5 Å². The number of benzene rings is 1. The number of hydrogen-bond donors (Lipinski definition) is 1. The molecule has 3 heteroatoms. The standard InChI is InChI=1S/C14H19NO2/c1-11(2)5-7-15-8-6-12-3-4-13-14(9-12)17-10-16-13/h3-5,9,15H,6-8,10H2,1-2H3. The summed E-state index contributed by atoms with van der Waals surface area (Å²) in [6.07, 6.45) is 3.20. The molecule has 0 aromatic heterocycles. The molecular formula is C14H19NO2. The van der Waals surface area contributed by atoms with E-state index in [-0.39, 0.29) is 0 Å². The van der Waals surface area contributed by atoms with Gasteiger partial charge in [-0.15, -0.1) is 0 Å². The molecule has 0 bridgehead atoms. The number of hydrogen-bond acceptors (Lipinski definition) is 3. The van der Waals surface area contributed by atoms with Crippen LogP contribution in [0.1, 0.15) is 19.4 Å². The maximum Gasteiger partial charge on any atom is 0.231 e. The summed E-state index contributed by atoms with van der Waals surface area (Å²) in [7, 11) is 0. The maximum atomic E-state index is 5.35. The van der Waals surface area contributed by atoms with E-state index in [9.17, 15) is 0 Å². The predicted molar refractivity (Wildman–Crippen MR) is 68.6 cm³/mol. The molecule has 0 unspecified atom stereocenters. The van der Waals surface area contributed by atoms with Gasteiger partial charge in [0.25, 0.3) is 0 Å². The molecule has 0 saturated heterocycles. The summed E-state index contributed by atoms with van der Waals surface area (Å²) in [5, 5.41) is 3.38. The molecule has 1 aromatic carbocycles. The molecule has 92 valence electrons. The normalized spacial score (nSPS) is 12.6. The van der Waals surface area contributed by atoms with Crippen LogP contribution in [0.3, 0.4) is 0 Å². The van der Waals surface area contributed by atoms with Gasteiger partial charge in [-0.25, -0.2) is 0 Å². The minimum Gasteiger partial charge on any atom is -0.454 e. The lowest BCUT2D eigenvalue weighted by atomic mass is 10.1. The summed E-state index contributed by atoms with van der Waals surface area (Å²) >= 11 is 0. The van der Waals surface area contributed by atoms with E-state index in [4.69, 9.17) is 9.47 Å².